The molecule has 2 atom stereocenters. The Bertz CT molecular complexity index is 371. The molecule has 1 N–H and O–H groups in total. The molecule has 1 aromatic rings. The fourth-order valence-corrected chi connectivity index (χ4v) is 1.73. The molecule has 1 heterocycles. The number of nitrogens with zero attached hydrogens (tertiary/aromatic N) is 3. The Morgan fingerprint density at radius 3 is 2.47 bits per heavy atom. The van der Waals surface area contributed by atoms with Crippen molar-refractivity contribution in [3.8, 4) is 5.88 Å². The second kappa shape index (κ2) is 5.42. The summed E-state index contributed by atoms with van der Waals surface area (Å²) in [5.74, 6) is 0.376. The van der Waals surface area contributed by atoms with E-state index in [-0.39, 0.29) is 0 Å². The molecule has 0 radical (unpaired) electrons. The summed E-state index contributed by atoms with van der Waals surface area (Å²) in [5, 5.41) is 10.5. The summed E-state index contributed by atoms with van der Waals surface area (Å²) >= 11 is 0. The molecule has 0 amide bonds. The van der Waals surface area contributed by atoms with Gasteiger partial charge in [-0.1, -0.05) is 6.92 Å². The zero-order chi connectivity index (χ0) is 13.1. The highest BCUT2D eigenvalue weighted by atomic mass is 16.5. The third kappa shape index (κ3) is 2.56. The zero-order valence-electron chi connectivity index (χ0n) is 11.1. The number of hydrogen-bond donors (Lipinski definition) is 1. The Hall–Kier alpha value is -1.20. The van der Waals surface area contributed by atoms with Crippen LogP contribution in [0.15, 0.2) is 12.4 Å². The molecule has 0 aliphatic heterocycles. The summed E-state index contributed by atoms with van der Waals surface area (Å²) in [6.45, 7) is 4.03. The van der Waals surface area contributed by atoms with Crippen LogP contribution in [0, 0.1) is 0 Å². The molecule has 96 valence electrons. The maximum absolute atomic E-state index is 10.5. The molecule has 0 spiro atoms. The molecule has 0 aromatic carbocycles. The van der Waals surface area contributed by atoms with Crippen molar-refractivity contribution >= 4 is 0 Å². The lowest BCUT2D eigenvalue weighted by molar-refractivity contribution is -0.00348. The van der Waals surface area contributed by atoms with Gasteiger partial charge in [0.15, 0.2) is 0 Å². The summed E-state index contributed by atoms with van der Waals surface area (Å²) in [4.78, 5) is 10.2. The minimum absolute atomic E-state index is 0.376. The van der Waals surface area contributed by atoms with Crippen LogP contribution in [0.4, 0.5) is 0 Å². The van der Waals surface area contributed by atoms with Gasteiger partial charge in [-0.3, -0.25) is 4.98 Å². The number of hydrogen-bond acceptors (Lipinski definition) is 5. The van der Waals surface area contributed by atoms with Crippen LogP contribution in [0.2, 0.25) is 0 Å². The van der Waals surface area contributed by atoms with Crippen LogP contribution in [0.1, 0.15) is 32.1 Å². The number of aliphatic hydroxyl groups is 1. The van der Waals surface area contributed by atoms with E-state index < -0.39 is 11.6 Å². The Kier molecular flexibility index (Phi) is 4.42. The molecule has 1 aromatic heterocycles. The maximum atomic E-state index is 10.5. The van der Waals surface area contributed by atoms with Gasteiger partial charge in [0.1, 0.15) is 11.8 Å². The topological polar surface area (TPSA) is 58.5 Å². The van der Waals surface area contributed by atoms with E-state index in [4.69, 9.17) is 4.74 Å². The summed E-state index contributed by atoms with van der Waals surface area (Å²) in [6.07, 6.45) is 3.16. The van der Waals surface area contributed by atoms with Crippen molar-refractivity contribution in [2.24, 2.45) is 0 Å². The highest BCUT2D eigenvalue weighted by Crippen LogP contribution is 2.34. The molecule has 5 nitrogen and oxygen atoms in total. The zero-order valence-corrected chi connectivity index (χ0v) is 11.1. The van der Waals surface area contributed by atoms with Gasteiger partial charge in [0.25, 0.3) is 0 Å². The molecule has 0 bridgehead atoms. The van der Waals surface area contributed by atoms with E-state index in [2.05, 4.69) is 9.97 Å². The third-order valence-electron chi connectivity index (χ3n) is 3.47. The fourth-order valence-electron chi connectivity index (χ4n) is 1.73. The van der Waals surface area contributed by atoms with Gasteiger partial charge in [-0.15, -0.1) is 0 Å². The summed E-state index contributed by atoms with van der Waals surface area (Å²) < 4.78 is 5.13. The average Bonchev–Trinajstić information content (AvgIpc) is 2.36. The van der Waals surface area contributed by atoms with Crippen LogP contribution in [-0.2, 0) is 0 Å². The Morgan fingerprint density at radius 2 is 2.00 bits per heavy atom. The van der Waals surface area contributed by atoms with E-state index in [0.717, 1.165) is 6.42 Å². The second-order valence-electron chi connectivity index (χ2n) is 4.46. The SMILES string of the molecule is CCC(C)(C(O)c1nccnc1OC)N(C)C. The second-order valence-corrected chi connectivity index (χ2v) is 4.46. The summed E-state index contributed by atoms with van der Waals surface area (Å²) in [6, 6.07) is 0. The lowest BCUT2D eigenvalue weighted by atomic mass is 9.88. The van der Waals surface area contributed by atoms with Gasteiger partial charge in [0.05, 0.1) is 7.11 Å². The van der Waals surface area contributed by atoms with Crippen molar-refractivity contribution in [1.29, 1.82) is 0 Å². The minimum Gasteiger partial charge on any atom is -0.480 e. The van der Waals surface area contributed by atoms with Crippen molar-refractivity contribution in [2.45, 2.75) is 31.9 Å². The smallest absolute Gasteiger partial charge is 0.238 e. The summed E-state index contributed by atoms with van der Waals surface area (Å²) in [7, 11) is 5.41. The van der Waals surface area contributed by atoms with Gasteiger partial charge in [0, 0.05) is 17.9 Å². The van der Waals surface area contributed by atoms with Crippen LogP contribution >= 0.6 is 0 Å². The monoisotopic (exact) mass is 239 g/mol. The molecular weight excluding hydrogens is 218 g/mol. The molecule has 17 heavy (non-hydrogen) atoms. The van der Waals surface area contributed by atoms with Gasteiger partial charge in [-0.05, 0) is 27.4 Å². The van der Waals surface area contributed by atoms with Crippen molar-refractivity contribution in [2.75, 3.05) is 21.2 Å². The van der Waals surface area contributed by atoms with Gasteiger partial charge in [-0.2, -0.15) is 0 Å². The number of rotatable bonds is 5. The summed E-state index contributed by atoms with van der Waals surface area (Å²) in [5.41, 5.74) is 0.0802. The van der Waals surface area contributed by atoms with Crippen molar-refractivity contribution in [1.82, 2.24) is 14.9 Å². The number of likely N-dealkylation sites (N-methyl/N-ethyl adjacent to an activating group) is 1. The van der Waals surface area contributed by atoms with Gasteiger partial charge < -0.3 is 14.7 Å². The lowest BCUT2D eigenvalue weighted by Gasteiger charge is -2.39. The Morgan fingerprint density at radius 1 is 1.41 bits per heavy atom. The molecule has 0 saturated heterocycles. The highest BCUT2D eigenvalue weighted by Gasteiger charge is 2.37. The van der Waals surface area contributed by atoms with Crippen LogP contribution < -0.4 is 4.74 Å². The Balaban J connectivity index is 3.14. The first-order chi connectivity index (χ1) is 7.97. The van der Waals surface area contributed by atoms with Gasteiger partial charge >= 0.3 is 0 Å². The van der Waals surface area contributed by atoms with Crippen molar-refractivity contribution in [3.63, 3.8) is 0 Å². The number of aliphatic hydroxyl groups excluding tert-OH is 1. The van der Waals surface area contributed by atoms with E-state index in [0.29, 0.717) is 11.6 Å². The standard InChI is InChI=1S/C12H21N3O2/c1-6-12(2,15(3)4)10(16)9-11(17-5)14-8-7-13-9/h7-8,10,16H,6H2,1-5H3. The number of ether oxygens (including phenoxy) is 1. The molecule has 0 aliphatic carbocycles. The van der Waals surface area contributed by atoms with Gasteiger partial charge in [-0.25, -0.2) is 4.98 Å². The molecule has 0 fully saturated rings. The van der Waals surface area contributed by atoms with Crippen molar-refractivity contribution < 1.29 is 9.84 Å². The van der Waals surface area contributed by atoms with E-state index in [1.165, 1.54) is 7.11 Å². The van der Waals surface area contributed by atoms with Gasteiger partial charge in [0.2, 0.25) is 5.88 Å². The molecule has 0 saturated carbocycles. The third-order valence-corrected chi connectivity index (χ3v) is 3.47. The van der Waals surface area contributed by atoms with Crippen LogP contribution in [0.25, 0.3) is 0 Å². The minimum atomic E-state index is -0.744. The largest absolute Gasteiger partial charge is 0.480 e. The maximum Gasteiger partial charge on any atom is 0.238 e. The van der Waals surface area contributed by atoms with Crippen molar-refractivity contribution in [3.05, 3.63) is 18.1 Å². The molecule has 1 rings (SSSR count). The predicted molar refractivity (Wildman–Crippen MR) is 65.9 cm³/mol. The van der Waals surface area contributed by atoms with E-state index in [1.807, 2.05) is 32.8 Å². The first kappa shape index (κ1) is 13.9. The quantitative estimate of drug-likeness (QED) is 0.838. The molecule has 2 unspecified atom stereocenters. The number of aromatic nitrogens is 2. The average molecular weight is 239 g/mol. The van der Waals surface area contributed by atoms with Crippen LogP contribution in [0.3, 0.4) is 0 Å². The lowest BCUT2D eigenvalue weighted by Crippen LogP contribution is -2.46. The Labute approximate surface area is 102 Å². The predicted octanol–water partition coefficient (Wildman–Crippen LogP) is 1.25. The van der Waals surface area contributed by atoms with E-state index in [1.54, 1.807) is 12.4 Å². The normalized spacial score (nSPS) is 16.6. The first-order valence-electron chi connectivity index (χ1n) is 5.67. The van der Waals surface area contributed by atoms with E-state index >= 15 is 0 Å². The van der Waals surface area contributed by atoms with Crippen LogP contribution in [-0.4, -0.2) is 46.7 Å². The van der Waals surface area contributed by atoms with Crippen LogP contribution in [0.5, 0.6) is 5.88 Å². The number of methoxy groups -OCH3 is 1. The highest BCUT2D eigenvalue weighted by molar-refractivity contribution is 5.23. The van der Waals surface area contributed by atoms with E-state index in [9.17, 15) is 5.11 Å². The first-order valence-corrected chi connectivity index (χ1v) is 5.67. The fraction of sp³-hybridized carbons (Fsp3) is 0.667. The molecule has 0 aliphatic rings. The molecule has 5 heteroatoms. The molecular formula is C12H21N3O2.